The average molecular weight is 298 g/mol. The first kappa shape index (κ1) is 14.7. The first-order valence-electron chi connectivity index (χ1n) is 6.32. The number of aliphatic carboxylic acids is 1. The van der Waals surface area contributed by atoms with Crippen LogP contribution in [0.15, 0.2) is 18.3 Å². The zero-order chi connectivity index (χ0) is 13.5. The van der Waals surface area contributed by atoms with Gasteiger partial charge in [0.25, 0.3) is 0 Å². The summed E-state index contributed by atoms with van der Waals surface area (Å²) in [6.07, 6.45) is 5.09. The highest BCUT2D eigenvalue weighted by Gasteiger charge is 2.45. The normalized spacial score (nSPS) is 24.9. The summed E-state index contributed by atoms with van der Waals surface area (Å²) in [4.78, 5) is 23.4. The molecule has 1 atom stereocenters. The number of rotatable bonds is 2. The van der Waals surface area contributed by atoms with Crippen LogP contribution in [-0.2, 0) is 28.1 Å². The average Bonchev–Trinajstić information content (AvgIpc) is 2.82. The van der Waals surface area contributed by atoms with E-state index in [1.165, 1.54) is 6.08 Å². The molecule has 2 N–H and O–H groups in total. The van der Waals surface area contributed by atoms with E-state index in [1.54, 1.807) is 12.3 Å². The molecule has 6 nitrogen and oxygen atoms in total. The van der Waals surface area contributed by atoms with E-state index in [0.717, 1.165) is 18.8 Å². The van der Waals surface area contributed by atoms with Crippen LogP contribution in [-0.4, -0.2) is 33.2 Å². The molecule has 0 bridgehead atoms. The van der Waals surface area contributed by atoms with Gasteiger partial charge in [0.2, 0.25) is 0 Å². The van der Waals surface area contributed by atoms with E-state index in [9.17, 15) is 14.7 Å². The number of hydrogen-bond donors (Lipinski definition) is 2. The third kappa shape index (κ3) is 2.14. The summed E-state index contributed by atoms with van der Waals surface area (Å²) in [5.41, 5.74) is 0.403. The van der Waals surface area contributed by atoms with Crippen molar-refractivity contribution in [3.63, 3.8) is 0 Å². The van der Waals surface area contributed by atoms with Crippen molar-refractivity contribution in [2.45, 2.75) is 31.3 Å². The van der Waals surface area contributed by atoms with Crippen molar-refractivity contribution >= 4 is 24.2 Å². The second kappa shape index (κ2) is 5.38. The van der Waals surface area contributed by atoms with Crippen molar-refractivity contribution in [2.24, 2.45) is 0 Å². The van der Waals surface area contributed by atoms with Crippen molar-refractivity contribution in [3.05, 3.63) is 29.6 Å². The number of nitrogens with zero attached hydrogens (tertiary/aromatic N) is 2. The van der Waals surface area contributed by atoms with Crippen LogP contribution in [0.2, 0.25) is 0 Å². The lowest BCUT2D eigenvalue weighted by Gasteiger charge is -2.30. The molecule has 0 radical (unpaired) electrons. The Labute approximate surface area is 122 Å². The van der Waals surface area contributed by atoms with Crippen LogP contribution in [0.3, 0.4) is 0 Å². The van der Waals surface area contributed by atoms with Gasteiger partial charge in [-0.2, -0.15) is 5.10 Å². The topological polar surface area (TPSA) is 84.2 Å². The number of aromatic nitrogens is 2. The molecule has 1 aromatic rings. The maximum atomic E-state index is 11.8. The first-order valence-corrected chi connectivity index (χ1v) is 6.32. The Kier molecular flexibility index (Phi) is 3.96. The number of carbonyl (C=O) groups is 2. The van der Waals surface area contributed by atoms with Gasteiger partial charge in [-0.15, -0.1) is 12.4 Å². The van der Waals surface area contributed by atoms with E-state index in [4.69, 9.17) is 0 Å². The van der Waals surface area contributed by atoms with Gasteiger partial charge in [-0.3, -0.25) is 14.3 Å². The molecule has 1 aliphatic heterocycles. The van der Waals surface area contributed by atoms with Gasteiger partial charge in [0.15, 0.2) is 5.78 Å². The molecule has 0 amide bonds. The highest BCUT2D eigenvalue weighted by Crippen LogP contribution is 2.38. The molecule has 0 saturated heterocycles. The van der Waals surface area contributed by atoms with E-state index in [2.05, 4.69) is 10.4 Å². The highest BCUT2D eigenvalue weighted by molar-refractivity contribution is 5.98. The number of nitrogens with one attached hydrogen (secondary N) is 1. The molecule has 20 heavy (non-hydrogen) atoms. The van der Waals surface area contributed by atoms with E-state index in [1.807, 2.05) is 4.68 Å². The van der Waals surface area contributed by atoms with Crippen molar-refractivity contribution in [1.29, 1.82) is 0 Å². The van der Waals surface area contributed by atoms with Crippen molar-refractivity contribution in [3.8, 4) is 0 Å². The van der Waals surface area contributed by atoms with E-state index in [0.29, 0.717) is 18.5 Å². The van der Waals surface area contributed by atoms with Gasteiger partial charge < -0.3 is 10.4 Å². The number of carbonyl (C=O) groups excluding carboxylic acids is 1. The summed E-state index contributed by atoms with van der Waals surface area (Å²) in [5, 5.41) is 17.1. The minimum atomic E-state index is -1.15. The molecular formula is C13H16ClN3O3. The van der Waals surface area contributed by atoms with Crippen molar-refractivity contribution in [1.82, 2.24) is 15.1 Å². The molecule has 2 aliphatic rings. The lowest BCUT2D eigenvalue weighted by atomic mass is 9.71. The lowest BCUT2D eigenvalue weighted by molar-refractivity contribution is -0.146. The largest absolute Gasteiger partial charge is 0.481 e. The van der Waals surface area contributed by atoms with Gasteiger partial charge >= 0.3 is 5.97 Å². The number of halogens is 1. The zero-order valence-electron chi connectivity index (χ0n) is 10.8. The maximum Gasteiger partial charge on any atom is 0.315 e. The summed E-state index contributed by atoms with van der Waals surface area (Å²) < 4.78 is 1.83. The van der Waals surface area contributed by atoms with Crippen LogP contribution in [0.5, 0.6) is 0 Å². The summed E-state index contributed by atoms with van der Waals surface area (Å²) in [6.45, 7) is 2.16. The van der Waals surface area contributed by atoms with Crippen LogP contribution in [0.25, 0.3) is 0 Å². The SMILES string of the molecule is Cl.O=C1C=CCC(C(=O)O)(c2cnn3c2CNCC3)C1. The summed E-state index contributed by atoms with van der Waals surface area (Å²) in [7, 11) is 0. The number of carboxylic acid groups (broad SMARTS) is 1. The van der Waals surface area contributed by atoms with Gasteiger partial charge in [0.1, 0.15) is 5.41 Å². The third-order valence-corrected chi connectivity index (χ3v) is 3.91. The summed E-state index contributed by atoms with van der Waals surface area (Å²) in [6, 6.07) is 0. The van der Waals surface area contributed by atoms with Gasteiger partial charge in [-0.1, -0.05) is 6.08 Å². The molecule has 2 heterocycles. The number of allylic oxidation sites excluding steroid dienone is 2. The fourth-order valence-corrected chi connectivity index (χ4v) is 2.88. The molecule has 7 heteroatoms. The standard InChI is InChI=1S/C13H15N3O3.ClH/c17-9-2-1-3-13(6-9,12(18)19)10-7-15-16-5-4-14-8-11(10)16;/h1-2,7,14H,3-6,8H2,(H,18,19);1H. The van der Waals surface area contributed by atoms with Crippen LogP contribution < -0.4 is 5.32 Å². The number of ketones is 1. The van der Waals surface area contributed by atoms with Gasteiger partial charge in [0.05, 0.1) is 18.4 Å². The Bertz CT molecular complexity index is 581. The first-order chi connectivity index (χ1) is 9.13. The van der Waals surface area contributed by atoms with Crippen molar-refractivity contribution < 1.29 is 14.7 Å². The smallest absolute Gasteiger partial charge is 0.315 e. The van der Waals surface area contributed by atoms with E-state index >= 15 is 0 Å². The Morgan fingerprint density at radius 1 is 1.50 bits per heavy atom. The number of carboxylic acids is 1. The Morgan fingerprint density at radius 2 is 2.30 bits per heavy atom. The third-order valence-electron chi connectivity index (χ3n) is 3.91. The van der Waals surface area contributed by atoms with Crippen LogP contribution >= 0.6 is 12.4 Å². The Hall–Kier alpha value is -1.66. The van der Waals surface area contributed by atoms with E-state index < -0.39 is 11.4 Å². The van der Waals surface area contributed by atoms with Gasteiger partial charge in [-0.05, 0) is 12.5 Å². The molecule has 0 saturated carbocycles. The minimum Gasteiger partial charge on any atom is -0.481 e. The fraction of sp³-hybridized carbons (Fsp3) is 0.462. The predicted molar refractivity (Wildman–Crippen MR) is 73.9 cm³/mol. The van der Waals surface area contributed by atoms with Crippen LogP contribution in [0.4, 0.5) is 0 Å². The second-order valence-electron chi connectivity index (χ2n) is 5.04. The quantitative estimate of drug-likeness (QED) is 0.837. The summed E-state index contributed by atoms with van der Waals surface area (Å²) in [5.74, 6) is -1.09. The fourth-order valence-electron chi connectivity index (χ4n) is 2.88. The van der Waals surface area contributed by atoms with Crippen LogP contribution in [0, 0.1) is 0 Å². The molecule has 3 rings (SSSR count). The van der Waals surface area contributed by atoms with E-state index in [-0.39, 0.29) is 24.6 Å². The predicted octanol–water partition coefficient (Wildman–Crippen LogP) is 0.650. The molecular weight excluding hydrogens is 282 g/mol. The lowest BCUT2D eigenvalue weighted by Crippen LogP contribution is -2.41. The highest BCUT2D eigenvalue weighted by atomic mass is 35.5. The molecule has 0 aromatic carbocycles. The van der Waals surface area contributed by atoms with Gasteiger partial charge in [0, 0.05) is 25.1 Å². The van der Waals surface area contributed by atoms with Gasteiger partial charge in [-0.25, -0.2) is 0 Å². The number of fused-ring (bicyclic) bond motifs is 1. The maximum absolute atomic E-state index is 11.8. The monoisotopic (exact) mass is 297 g/mol. The molecule has 1 aromatic heterocycles. The van der Waals surface area contributed by atoms with Crippen LogP contribution in [0.1, 0.15) is 24.1 Å². The molecule has 108 valence electrons. The zero-order valence-corrected chi connectivity index (χ0v) is 11.7. The Morgan fingerprint density at radius 3 is 3.00 bits per heavy atom. The second-order valence-corrected chi connectivity index (χ2v) is 5.04. The van der Waals surface area contributed by atoms with Crippen molar-refractivity contribution in [2.75, 3.05) is 6.54 Å². The molecule has 0 spiro atoms. The molecule has 1 aliphatic carbocycles. The molecule has 1 unspecified atom stereocenters. The minimum absolute atomic E-state index is 0. The number of hydrogen-bond acceptors (Lipinski definition) is 4. The summed E-state index contributed by atoms with van der Waals surface area (Å²) >= 11 is 0. The molecule has 0 fully saturated rings. The Balaban J connectivity index is 0.00000147.